The maximum Gasteiger partial charge on any atom is 0.307 e. The summed E-state index contributed by atoms with van der Waals surface area (Å²) >= 11 is 12.0. The fourth-order valence-corrected chi connectivity index (χ4v) is 2.82. The average molecular weight is 416 g/mol. The van der Waals surface area contributed by atoms with Gasteiger partial charge in [0, 0.05) is 16.3 Å². The molecule has 0 unspecified atom stereocenters. The summed E-state index contributed by atoms with van der Waals surface area (Å²) in [5.41, 5.74) is 1.69. The predicted octanol–water partition coefficient (Wildman–Crippen LogP) is 5.67. The van der Waals surface area contributed by atoms with Crippen LogP contribution in [-0.4, -0.2) is 17.0 Å². The number of nitrogens with one attached hydrogen (secondary N) is 1. The van der Waals surface area contributed by atoms with Gasteiger partial charge in [0.1, 0.15) is 11.5 Å². The fourth-order valence-electron chi connectivity index (χ4n) is 2.45. The zero-order chi connectivity index (χ0) is 20.1. The molecule has 28 heavy (non-hydrogen) atoms. The molecule has 0 saturated carbocycles. The van der Waals surface area contributed by atoms with E-state index < -0.39 is 5.97 Å². The number of anilines is 1. The molecule has 0 radical (unpaired) electrons. The van der Waals surface area contributed by atoms with Crippen LogP contribution in [0.4, 0.5) is 5.69 Å². The Bertz CT molecular complexity index is 1000. The number of hydrogen-bond acceptors (Lipinski definition) is 3. The van der Waals surface area contributed by atoms with Crippen LogP contribution in [0.5, 0.6) is 11.5 Å². The van der Waals surface area contributed by atoms with Crippen LogP contribution in [0.25, 0.3) is 0 Å². The molecule has 142 valence electrons. The van der Waals surface area contributed by atoms with Crippen molar-refractivity contribution in [3.8, 4) is 11.5 Å². The molecule has 0 saturated heterocycles. The molecule has 7 heteroatoms. The third kappa shape index (κ3) is 5.25. The first-order valence-corrected chi connectivity index (χ1v) is 9.01. The van der Waals surface area contributed by atoms with Crippen LogP contribution in [0.2, 0.25) is 10.0 Å². The topological polar surface area (TPSA) is 75.6 Å². The van der Waals surface area contributed by atoms with Gasteiger partial charge in [0.05, 0.1) is 11.4 Å². The standard InChI is InChI=1S/C21H15Cl2NO4/c22-15-4-2-14(3-5-15)21(27)24-16-6-8-17(9-7-16)28-19-10-1-13(11-18(19)23)12-20(25)26/h1-11H,12H2,(H,24,27)(H,25,26). The molecule has 0 aromatic heterocycles. The molecule has 1 amide bonds. The minimum atomic E-state index is -0.930. The Morgan fingerprint density at radius 2 is 1.61 bits per heavy atom. The number of benzene rings is 3. The summed E-state index contributed by atoms with van der Waals surface area (Å²) in [5, 5.41) is 12.5. The smallest absolute Gasteiger partial charge is 0.307 e. The Hall–Kier alpha value is -3.02. The van der Waals surface area contributed by atoms with Crippen molar-refractivity contribution in [2.75, 3.05) is 5.32 Å². The lowest BCUT2D eigenvalue weighted by Crippen LogP contribution is -2.11. The molecule has 0 bridgehead atoms. The first kappa shape index (κ1) is 19.7. The normalized spacial score (nSPS) is 10.4. The second kappa shape index (κ2) is 8.78. The molecule has 3 rings (SSSR count). The van der Waals surface area contributed by atoms with E-state index in [-0.39, 0.29) is 12.3 Å². The molecule has 5 nitrogen and oxygen atoms in total. The van der Waals surface area contributed by atoms with E-state index >= 15 is 0 Å². The van der Waals surface area contributed by atoms with Crippen LogP contribution in [0.1, 0.15) is 15.9 Å². The van der Waals surface area contributed by atoms with Gasteiger partial charge >= 0.3 is 5.97 Å². The minimum Gasteiger partial charge on any atom is -0.481 e. The van der Waals surface area contributed by atoms with Crippen LogP contribution in [-0.2, 0) is 11.2 Å². The SMILES string of the molecule is O=C(O)Cc1ccc(Oc2ccc(NC(=O)c3ccc(Cl)cc3)cc2)c(Cl)c1. The van der Waals surface area contributed by atoms with Crippen molar-refractivity contribution in [2.24, 2.45) is 0 Å². The predicted molar refractivity (Wildman–Crippen MR) is 109 cm³/mol. The van der Waals surface area contributed by atoms with E-state index in [1.807, 2.05) is 0 Å². The van der Waals surface area contributed by atoms with E-state index in [0.29, 0.717) is 38.4 Å². The van der Waals surface area contributed by atoms with Gasteiger partial charge < -0.3 is 15.2 Å². The van der Waals surface area contributed by atoms with Gasteiger partial charge in [0.2, 0.25) is 0 Å². The van der Waals surface area contributed by atoms with Gasteiger partial charge in [-0.05, 0) is 66.2 Å². The molecule has 0 spiro atoms. The van der Waals surface area contributed by atoms with Gasteiger partial charge in [0.15, 0.2) is 0 Å². The van der Waals surface area contributed by atoms with E-state index in [0.717, 1.165) is 0 Å². The van der Waals surface area contributed by atoms with E-state index in [1.54, 1.807) is 66.7 Å². The van der Waals surface area contributed by atoms with Crippen molar-refractivity contribution < 1.29 is 19.4 Å². The Labute approximate surface area is 171 Å². The molecule has 0 aliphatic heterocycles. The van der Waals surface area contributed by atoms with E-state index in [2.05, 4.69) is 5.32 Å². The first-order valence-electron chi connectivity index (χ1n) is 8.26. The number of carbonyl (C=O) groups excluding carboxylic acids is 1. The Morgan fingerprint density at radius 1 is 0.929 bits per heavy atom. The van der Waals surface area contributed by atoms with Crippen molar-refractivity contribution in [1.29, 1.82) is 0 Å². The molecular formula is C21H15Cl2NO4. The number of carboxylic acids is 1. The molecule has 0 aliphatic rings. The second-order valence-corrected chi connectivity index (χ2v) is 6.77. The summed E-state index contributed by atoms with van der Waals surface area (Å²) in [6, 6.07) is 18.2. The molecular weight excluding hydrogens is 401 g/mol. The van der Waals surface area contributed by atoms with Crippen molar-refractivity contribution >= 4 is 40.8 Å². The maximum atomic E-state index is 12.2. The zero-order valence-electron chi connectivity index (χ0n) is 14.5. The van der Waals surface area contributed by atoms with Crippen molar-refractivity contribution in [2.45, 2.75) is 6.42 Å². The van der Waals surface area contributed by atoms with Crippen molar-refractivity contribution in [1.82, 2.24) is 0 Å². The summed E-state index contributed by atoms with van der Waals surface area (Å²) in [6.07, 6.45) is -0.109. The van der Waals surface area contributed by atoms with Gasteiger partial charge in [-0.3, -0.25) is 9.59 Å². The number of amides is 1. The van der Waals surface area contributed by atoms with Crippen LogP contribution < -0.4 is 10.1 Å². The molecule has 0 aliphatic carbocycles. The molecule has 0 heterocycles. The highest BCUT2D eigenvalue weighted by molar-refractivity contribution is 6.32. The van der Waals surface area contributed by atoms with E-state index in [1.165, 1.54) is 0 Å². The van der Waals surface area contributed by atoms with E-state index in [4.69, 9.17) is 33.0 Å². The Balaban J connectivity index is 1.65. The summed E-state index contributed by atoms with van der Waals surface area (Å²) in [6.45, 7) is 0. The molecule has 0 fully saturated rings. The van der Waals surface area contributed by atoms with Gasteiger partial charge in [-0.1, -0.05) is 29.3 Å². The lowest BCUT2D eigenvalue weighted by Gasteiger charge is -2.10. The first-order chi connectivity index (χ1) is 13.4. The van der Waals surface area contributed by atoms with Crippen molar-refractivity contribution in [3.63, 3.8) is 0 Å². The largest absolute Gasteiger partial charge is 0.481 e. The number of aliphatic carboxylic acids is 1. The van der Waals surface area contributed by atoms with Gasteiger partial charge in [0.25, 0.3) is 5.91 Å². The Kier molecular flexibility index (Phi) is 6.19. The Morgan fingerprint density at radius 3 is 2.21 bits per heavy atom. The summed E-state index contributed by atoms with van der Waals surface area (Å²) in [7, 11) is 0. The molecule has 2 N–H and O–H groups in total. The van der Waals surface area contributed by atoms with Gasteiger partial charge in [-0.15, -0.1) is 0 Å². The summed E-state index contributed by atoms with van der Waals surface area (Å²) in [4.78, 5) is 23.0. The zero-order valence-corrected chi connectivity index (χ0v) is 16.0. The van der Waals surface area contributed by atoms with Gasteiger partial charge in [-0.25, -0.2) is 0 Å². The minimum absolute atomic E-state index is 0.109. The fraction of sp³-hybridized carbons (Fsp3) is 0.0476. The highest BCUT2D eigenvalue weighted by Crippen LogP contribution is 2.31. The quantitative estimate of drug-likeness (QED) is 0.543. The highest BCUT2D eigenvalue weighted by atomic mass is 35.5. The molecule has 3 aromatic carbocycles. The monoisotopic (exact) mass is 415 g/mol. The second-order valence-electron chi connectivity index (χ2n) is 5.92. The van der Waals surface area contributed by atoms with Gasteiger partial charge in [-0.2, -0.15) is 0 Å². The van der Waals surface area contributed by atoms with Crippen LogP contribution in [0.3, 0.4) is 0 Å². The van der Waals surface area contributed by atoms with E-state index in [9.17, 15) is 9.59 Å². The van der Waals surface area contributed by atoms with Crippen LogP contribution >= 0.6 is 23.2 Å². The maximum absolute atomic E-state index is 12.2. The van der Waals surface area contributed by atoms with Crippen LogP contribution in [0, 0.1) is 0 Å². The molecule has 0 atom stereocenters. The number of rotatable bonds is 6. The number of hydrogen-bond donors (Lipinski definition) is 2. The lowest BCUT2D eigenvalue weighted by molar-refractivity contribution is -0.136. The van der Waals surface area contributed by atoms with Crippen molar-refractivity contribution in [3.05, 3.63) is 87.9 Å². The third-order valence-corrected chi connectivity index (χ3v) is 4.35. The number of halogens is 2. The number of ether oxygens (including phenoxy) is 1. The molecule has 3 aromatic rings. The lowest BCUT2D eigenvalue weighted by atomic mass is 10.1. The number of carbonyl (C=O) groups is 2. The average Bonchev–Trinajstić information content (AvgIpc) is 2.65. The highest BCUT2D eigenvalue weighted by Gasteiger charge is 2.09. The van der Waals surface area contributed by atoms with Crippen LogP contribution in [0.15, 0.2) is 66.7 Å². The summed E-state index contributed by atoms with van der Waals surface area (Å²) < 4.78 is 5.72. The number of carboxylic acid groups (broad SMARTS) is 1. The summed E-state index contributed by atoms with van der Waals surface area (Å²) in [5.74, 6) is -0.241. The third-order valence-electron chi connectivity index (χ3n) is 3.80.